The first-order chi connectivity index (χ1) is 9.62. The van der Waals surface area contributed by atoms with Crippen molar-refractivity contribution in [2.24, 2.45) is 5.92 Å². The number of methoxy groups -OCH3 is 1. The van der Waals surface area contributed by atoms with Crippen LogP contribution in [0.15, 0.2) is 12.1 Å². The summed E-state index contributed by atoms with van der Waals surface area (Å²) in [6.07, 6.45) is 0.354. The lowest BCUT2D eigenvalue weighted by Gasteiger charge is -2.12. The number of esters is 1. The Morgan fingerprint density at radius 3 is 2.35 bits per heavy atom. The number of ketones is 1. The minimum Gasteiger partial charge on any atom is -0.490 e. The molecule has 0 saturated heterocycles. The first-order valence-corrected chi connectivity index (χ1v) is 6.66. The fraction of sp³-hybridized carbons (Fsp3) is 0.467. The van der Waals surface area contributed by atoms with Crippen LogP contribution in [0.2, 0.25) is 0 Å². The number of hydrogen-bond donors (Lipinski definition) is 0. The molecule has 1 atom stereocenters. The van der Waals surface area contributed by atoms with Crippen LogP contribution in [-0.2, 0) is 16.0 Å². The lowest BCUT2D eigenvalue weighted by molar-refractivity contribution is -0.143. The number of fused-ring (bicyclic) bond motifs is 1. The first kappa shape index (κ1) is 14.4. The molecule has 0 amide bonds. The normalized spacial score (nSPS) is 16.8. The van der Waals surface area contributed by atoms with E-state index in [1.54, 1.807) is 12.1 Å². The molecule has 0 N–H and O–H groups in total. The van der Waals surface area contributed by atoms with E-state index in [-0.39, 0.29) is 5.78 Å². The number of carbonyl (C=O) groups excluding carboxylic acids is 2. The van der Waals surface area contributed by atoms with Crippen molar-refractivity contribution in [3.8, 4) is 11.5 Å². The maximum absolute atomic E-state index is 12.2. The maximum atomic E-state index is 12.2. The fourth-order valence-corrected chi connectivity index (χ4v) is 2.37. The van der Waals surface area contributed by atoms with Gasteiger partial charge in [-0.15, -0.1) is 0 Å². The Labute approximate surface area is 117 Å². The molecule has 0 fully saturated rings. The summed E-state index contributed by atoms with van der Waals surface area (Å²) in [5.74, 6) is -0.322. The van der Waals surface area contributed by atoms with Gasteiger partial charge in [-0.2, -0.15) is 0 Å². The van der Waals surface area contributed by atoms with Gasteiger partial charge in [0.15, 0.2) is 17.3 Å². The number of Topliss-reactive ketones (excluding diaryl/α,β-unsaturated/α-hetero) is 1. The largest absolute Gasteiger partial charge is 0.490 e. The van der Waals surface area contributed by atoms with Crippen molar-refractivity contribution in [3.05, 3.63) is 23.3 Å². The minimum absolute atomic E-state index is 0.212. The number of ether oxygens (including phenoxy) is 3. The van der Waals surface area contributed by atoms with E-state index in [0.717, 1.165) is 5.56 Å². The molecule has 0 saturated carbocycles. The van der Waals surface area contributed by atoms with Crippen LogP contribution in [0.25, 0.3) is 0 Å². The molecule has 1 aliphatic carbocycles. The average molecular weight is 278 g/mol. The van der Waals surface area contributed by atoms with Crippen LogP contribution in [0.5, 0.6) is 11.5 Å². The smallest absolute Gasteiger partial charge is 0.316 e. The summed E-state index contributed by atoms with van der Waals surface area (Å²) < 4.78 is 15.7. The van der Waals surface area contributed by atoms with Gasteiger partial charge in [-0.3, -0.25) is 9.59 Å². The molecule has 1 aromatic carbocycles. The van der Waals surface area contributed by atoms with E-state index in [1.165, 1.54) is 7.11 Å². The summed E-state index contributed by atoms with van der Waals surface area (Å²) in [6.45, 7) is 4.73. The van der Waals surface area contributed by atoms with Crippen molar-refractivity contribution < 1.29 is 23.8 Å². The Morgan fingerprint density at radius 1 is 1.20 bits per heavy atom. The van der Waals surface area contributed by atoms with Crippen LogP contribution in [-0.4, -0.2) is 32.1 Å². The second kappa shape index (κ2) is 5.94. The van der Waals surface area contributed by atoms with E-state index >= 15 is 0 Å². The zero-order chi connectivity index (χ0) is 14.7. The summed E-state index contributed by atoms with van der Waals surface area (Å²) in [5, 5.41) is 0. The van der Waals surface area contributed by atoms with Gasteiger partial charge in [0.2, 0.25) is 0 Å². The summed E-state index contributed by atoms with van der Waals surface area (Å²) in [4.78, 5) is 23.8. The summed E-state index contributed by atoms with van der Waals surface area (Å²) in [5.41, 5.74) is 1.32. The van der Waals surface area contributed by atoms with Gasteiger partial charge in [-0.1, -0.05) is 0 Å². The molecule has 0 aromatic heterocycles. The first-order valence-electron chi connectivity index (χ1n) is 6.66. The van der Waals surface area contributed by atoms with Gasteiger partial charge >= 0.3 is 5.97 Å². The van der Waals surface area contributed by atoms with Gasteiger partial charge in [0.25, 0.3) is 0 Å². The van der Waals surface area contributed by atoms with Gasteiger partial charge in [-0.05, 0) is 38.0 Å². The predicted octanol–water partition coefficient (Wildman–Crippen LogP) is 2.01. The lowest BCUT2D eigenvalue weighted by atomic mass is 10.1. The topological polar surface area (TPSA) is 61.8 Å². The SMILES string of the molecule is CCOc1cc2c(cc1OCC)C(=O)C(C(=O)OC)C2. The molecule has 1 aliphatic rings. The highest BCUT2D eigenvalue weighted by Gasteiger charge is 2.37. The summed E-state index contributed by atoms with van der Waals surface area (Å²) >= 11 is 0. The molecule has 0 aliphatic heterocycles. The van der Waals surface area contributed by atoms with Gasteiger partial charge in [0.1, 0.15) is 5.92 Å². The molecule has 20 heavy (non-hydrogen) atoms. The predicted molar refractivity (Wildman–Crippen MR) is 72.3 cm³/mol. The van der Waals surface area contributed by atoms with Crippen molar-refractivity contribution in [2.45, 2.75) is 20.3 Å². The van der Waals surface area contributed by atoms with E-state index < -0.39 is 11.9 Å². The minimum atomic E-state index is -0.749. The molecule has 0 heterocycles. The van der Waals surface area contributed by atoms with Crippen LogP contribution < -0.4 is 9.47 Å². The molecule has 108 valence electrons. The number of benzene rings is 1. The summed E-state index contributed by atoms with van der Waals surface area (Å²) in [7, 11) is 1.29. The molecule has 1 unspecified atom stereocenters. The molecular weight excluding hydrogens is 260 g/mol. The quantitative estimate of drug-likeness (QED) is 0.609. The van der Waals surface area contributed by atoms with Crippen molar-refractivity contribution in [1.82, 2.24) is 0 Å². The number of hydrogen-bond acceptors (Lipinski definition) is 5. The monoisotopic (exact) mass is 278 g/mol. The van der Waals surface area contributed by atoms with Crippen molar-refractivity contribution in [1.29, 1.82) is 0 Å². The van der Waals surface area contributed by atoms with Crippen LogP contribution in [0.3, 0.4) is 0 Å². The fourth-order valence-electron chi connectivity index (χ4n) is 2.37. The van der Waals surface area contributed by atoms with Gasteiger partial charge in [0, 0.05) is 5.56 Å². The molecule has 0 radical (unpaired) electrons. The highest BCUT2D eigenvalue weighted by molar-refractivity contribution is 6.12. The van der Waals surface area contributed by atoms with Crippen molar-refractivity contribution in [3.63, 3.8) is 0 Å². The Kier molecular flexibility index (Phi) is 4.27. The van der Waals surface area contributed by atoms with E-state index in [4.69, 9.17) is 9.47 Å². The van der Waals surface area contributed by atoms with Crippen molar-refractivity contribution in [2.75, 3.05) is 20.3 Å². The lowest BCUT2D eigenvalue weighted by Crippen LogP contribution is -2.21. The number of rotatable bonds is 5. The van der Waals surface area contributed by atoms with Crippen LogP contribution in [0, 0.1) is 5.92 Å². The van der Waals surface area contributed by atoms with Gasteiger partial charge in [0.05, 0.1) is 20.3 Å². The molecule has 5 nitrogen and oxygen atoms in total. The van der Waals surface area contributed by atoms with Gasteiger partial charge in [-0.25, -0.2) is 0 Å². The summed E-state index contributed by atoms with van der Waals surface area (Å²) in [6, 6.07) is 3.44. The Morgan fingerprint density at radius 2 is 1.80 bits per heavy atom. The van der Waals surface area contributed by atoms with Crippen LogP contribution in [0.4, 0.5) is 0 Å². The maximum Gasteiger partial charge on any atom is 0.316 e. The molecule has 1 aromatic rings. The van der Waals surface area contributed by atoms with Crippen LogP contribution >= 0.6 is 0 Å². The van der Waals surface area contributed by atoms with Crippen molar-refractivity contribution >= 4 is 11.8 Å². The highest BCUT2D eigenvalue weighted by atomic mass is 16.5. The van der Waals surface area contributed by atoms with Crippen LogP contribution in [0.1, 0.15) is 29.8 Å². The van der Waals surface area contributed by atoms with E-state index in [9.17, 15) is 9.59 Å². The third kappa shape index (κ3) is 2.48. The zero-order valence-corrected chi connectivity index (χ0v) is 11.9. The third-order valence-corrected chi connectivity index (χ3v) is 3.26. The molecular formula is C15H18O5. The van der Waals surface area contributed by atoms with E-state index in [2.05, 4.69) is 4.74 Å². The highest BCUT2D eigenvalue weighted by Crippen LogP contribution is 2.37. The Balaban J connectivity index is 2.39. The van der Waals surface area contributed by atoms with E-state index in [1.807, 2.05) is 13.8 Å². The number of carbonyl (C=O) groups is 2. The average Bonchev–Trinajstić information content (AvgIpc) is 2.76. The Hall–Kier alpha value is -2.04. The standard InChI is InChI=1S/C15H18O5/c1-4-19-12-7-9-6-11(15(17)18-3)14(16)10(9)8-13(12)20-5-2/h7-8,11H,4-6H2,1-3H3. The van der Waals surface area contributed by atoms with E-state index in [0.29, 0.717) is 36.7 Å². The van der Waals surface area contributed by atoms with Gasteiger partial charge < -0.3 is 14.2 Å². The molecule has 2 rings (SSSR count). The second-order valence-corrected chi connectivity index (χ2v) is 4.47. The molecule has 5 heteroatoms. The molecule has 0 bridgehead atoms. The Bertz CT molecular complexity index is 535. The third-order valence-electron chi connectivity index (χ3n) is 3.26. The second-order valence-electron chi connectivity index (χ2n) is 4.47. The zero-order valence-electron chi connectivity index (χ0n) is 11.9. The molecule has 0 spiro atoms.